The molecule has 5 nitrogen and oxygen atoms in total. The van der Waals surface area contributed by atoms with Gasteiger partial charge in [0.15, 0.2) is 0 Å². The predicted molar refractivity (Wildman–Crippen MR) is 101 cm³/mol. The molecule has 27 heavy (non-hydrogen) atoms. The van der Waals surface area contributed by atoms with Crippen LogP contribution in [0.2, 0.25) is 0 Å². The lowest BCUT2D eigenvalue weighted by Crippen LogP contribution is -2.34. The highest BCUT2D eigenvalue weighted by molar-refractivity contribution is 6.21. The maximum absolute atomic E-state index is 12.7. The summed E-state index contributed by atoms with van der Waals surface area (Å²) in [6.07, 6.45) is 2.94. The highest BCUT2D eigenvalue weighted by Gasteiger charge is 2.35. The van der Waals surface area contributed by atoms with Crippen molar-refractivity contribution < 1.29 is 14.4 Å². The molecule has 1 saturated carbocycles. The number of benzene rings is 2. The minimum Gasteiger partial charge on any atom is -0.335 e. The molecule has 0 atom stereocenters. The minimum absolute atomic E-state index is 0.0953. The van der Waals surface area contributed by atoms with Gasteiger partial charge in [-0.3, -0.25) is 19.3 Å². The second kappa shape index (κ2) is 7.35. The Morgan fingerprint density at radius 3 is 2.11 bits per heavy atom. The van der Waals surface area contributed by atoms with Crippen LogP contribution < -0.4 is 0 Å². The number of hydrogen-bond acceptors (Lipinski definition) is 3. The second-order valence-electron chi connectivity index (χ2n) is 7.15. The minimum atomic E-state index is -0.258. The molecule has 1 heterocycles. The number of carbonyl (C=O) groups excluding carboxylic acids is 3. The van der Waals surface area contributed by atoms with Crippen LogP contribution in [0.15, 0.2) is 54.6 Å². The first-order valence-corrected chi connectivity index (χ1v) is 9.44. The van der Waals surface area contributed by atoms with Gasteiger partial charge in [0.25, 0.3) is 11.8 Å². The molecule has 0 saturated heterocycles. The van der Waals surface area contributed by atoms with Crippen LogP contribution in [0.4, 0.5) is 0 Å². The lowest BCUT2D eigenvalue weighted by atomic mass is 10.1. The van der Waals surface area contributed by atoms with Crippen molar-refractivity contribution in [3.05, 3.63) is 71.3 Å². The summed E-state index contributed by atoms with van der Waals surface area (Å²) in [6, 6.07) is 17.2. The summed E-state index contributed by atoms with van der Waals surface area (Å²) in [5, 5.41) is 0. The van der Waals surface area contributed by atoms with Crippen LogP contribution in [0, 0.1) is 0 Å². The van der Waals surface area contributed by atoms with Crippen LogP contribution in [0.25, 0.3) is 0 Å². The maximum Gasteiger partial charge on any atom is 0.261 e. The van der Waals surface area contributed by atoms with Crippen LogP contribution in [-0.4, -0.2) is 40.1 Å². The first-order valence-electron chi connectivity index (χ1n) is 9.44. The van der Waals surface area contributed by atoms with Crippen LogP contribution in [0.3, 0.4) is 0 Å². The fourth-order valence-corrected chi connectivity index (χ4v) is 3.56. The van der Waals surface area contributed by atoms with E-state index in [9.17, 15) is 14.4 Å². The Bertz CT molecular complexity index is 839. The number of rotatable bonds is 7. The number of hydrogen-bond donors (Lipinski definition) is 0. The SMILES string of the molecule is O=C1c2ccccc2C(=O)N1CCCC(=O)N(Cc1ccccc1)C1CC1. The van der Waals surface area contributed by atoms with Crippen molar-refractivity contribution in [3.63, 3.8) is 0 Å². The Morgan fingerprint density at radius 2 is 1.52 bits per heavy atom. The smallest absolute Gasteiger partial charge is 0.261 e. The zero-order valence-electron chi connectivity index (χ0n) is 15.1. The molecule has 4 rings (SSSR count). The zero-order valence-corrected chi connectivity index (χ0v) is 15.1. The van der Waals surface area contributed by atoms with Gasteiger partial charge in [0.05, 0.1) is 11.1 Å². The second-order valence-corrected chi connectivity index (χ2v) is 7.15. The molecule has 0 spiro atoms. The lowest BCUT2D eigenvalue weighted by Gasteiger charge is -2.23. The van der Waals surface area contributed by atoms with E-state index in [0.717, 1.165) is 18.4 Å². The van der Waals surface area contributed by atoms with E-state index in [4.69, 9.17) is 0 Å². The van der Waals surface area contributed by atoms with Gasteiger partial charge in [-0.1, -0.05) is 42.5 Å². The maximum atomic E-state index is 12.7. The Balaban J connectivity index is 1.34. The predicted octanol–water partition coefficient (Wildman–Crippen LogP) is 3.25. The normalized spacial score (nSPS) is 15.8. The molecule has 3 amide bonds. The van der Waals surface area contributed by atoms with Crippen LogP contribution in [-0.2, 0) is 11.3 Å². The van der Waals surface area contributed by atoms with Gasteiger partial charge in [0, 0.05) is 25.6 Å². The summed E-state index contributed by atoms with van der Waals surface area (Å²) in [5.74, 6) is -0.421. The zero-order chi connectivity index (χ0) is 18.8. The van der Waals surface area contributed by atoms with Gasteiger partial charge in [-0.15, -0.1) is 0 Å². The molecule has 0 radical (unpaired) electrons. The van der Waals surface area contributed by atoms with Crippen molar-refractivity contribution in [1.29, 1.82) is 0 Å². The Morgan fingerprint density at radius 1 is 0.926 bits per heavy atom. The van der Waals surface area contributed by atoms with E-state index in [1.165, 1.54) is 4.90 Å². The van der Waals surface area contributed by atoms with Gasteiger partial charge in [-0.25, -0.2) is 0 Å². The molecule has 0 N–H and O–H groups in total. The molecular formula is C22H22N2O3. The van der Waals surface area contributed by atoms with Crippen molar-refractivity contribution >= 4 is 17.7 Å². The molecule has 0 aromatic heterocycles. The van der Waals surface area contributed by atoms with E-state index in [2.05, 4.69) is 0 Å². The van der Waals surface area contributed by atoms with E-state index in [1.807, 2.05) is 35.2 Å². The molecule has 0 bridgehead atoms. The van der Waals surface area contributed by atoms with Crippen molar-refractivity contribution in [2.45, 2.75) is 38.3 Å². The van der Waals surface area contributed by atoms with Gasteiger partial charge in [-0.2, -0.15) is 0 Å². The average molecular weight is 362 g/mol. The molecule has 2 aromatic carbocycles. The fourth-order valence-electron chi connectivity index (χ4n) is 3.56. The van der Waals surface area contributed by atoms with Gasteiger partial charge < -0.3 is 4.90 Å². The molecule has 1 aliphatic carbocycles. The van der Waals surface area contributed by atoms with E-state index in [-0.39, 0.29) is 24.3 Å². The summed E-state index contributed by atoms with van der Waals surface area (Å²) in [5.41, 5.74) is 2.04. The molecule has 138 valence electrons. The van der Waals surface area contributed by atoms with Crippen molar-refractivity contribution in [1.82, 2.24) is 9.80 Å². The topological polar surface area (TPSA) is 57.7 Å². The molecule has 5 heteroatoms. The fraction of sp³-hybridized carbons (Fsp3) is 0.318. The van der Waals surface area contributed by atoms with Crippen molar-refractivity contribution in [2.24, 2.45) is 0 Å². The van der Waals surface area contributed by atoms with E-state index in [0.29, 0.717) is 36.6 Å². The molecule has 0 unspecified atom stereocenters. The quantitative estimate of drug-likeness (QED) is 0.711. The Hall–Kier alpha value is -2.95. The van der Waals surface area contributed by atoms with E-state index in [1.54, 1.807) is 24.3 Å². The standard InChI is InChI=1S/C22H22N2O3/c25-20(24(17-12-13-17)15-16-7-2-1-3-8-16)11-6-14-23-21(26)18-9-4-5-10-19(18)22(23)27/h1-5,7-10,17H,6,11-15H2. The first kappa shape index (κ1) is 17.5. The number of carbonyl (C=O) groups is 3. The number of fused-ring (bicyclic) bond motifs is 1. The van der Waals surface area contributed by atoms with Crippen molar-refractivity contribution in [2.75, 3.05) is 6.54 Å². The highest BCUT2D eigenvalue weighted by atomic mass is 16.2. The monoisotopic (exact) mass is 362 g/mol. The summed E-state index contributed by atoms with van der Waals surface area (Å²) in [6.45, 7) is 0.902. The van der Waals surface area contributed by atoms with Crippen molar-refractivity contribution in [3.8, 4) is 0 Å². The van der Waals surface area contributed by atoms with Gasteiger partial charge in [-0.05, 0) is 37.0 Å². The third kappa shape index (κ3) is 3.63. The Labute approximate surface area is 158 Å². The largest absolute Gasteiger partial charge is 0.335 e. The third-order valence-corrected chi connectivity index (χ3v) is 5.15. The van der Waals surface area contributed by atoms with Crippen LogP contribution in [0.1, 0.15) is 52.0 Å². The van der Waals surface area contributed by atoms with E-state index < -0.39 is 0 Å². The summed E-state index contributed by atoms with van der Waals surface area (Å²) in [7, 11) is 0. The number of imide groups is 1. The molecule has 1 aliphatic heterocycles. The first-order chi connectivity index (χ1) is 13.1. The van der Waals surface area contributed by atoms with Gasteiger partial charge in [0.2, 0.25) is 5.91 Å². The summed E-state index contributed by atoms with van der Waals surface area (Å²) in [4.78, 5) is 40.7. The third-order valence-electron chi connectivity index (χ3n) is 5.15. The summed E-state index contributed by atoms with van der Waals surface area (Å²) >= 11 is 0. The summed E-state index contributed by atoms with van der Waals surface area (Å²) < 4.78 is 0. The molecule has 2 aromatic rings. The Kier molecular flexibility index (Phi) is 4.75. The van der Waals surface area contributed by atoms with Crippen LogP contribution >= 0.6 is 0 Å². The van der Waals surface area contributed by atoms with Gasteiger partial charge >= 0.3 is 0 Å². The number of nitrogens with zero attached hydrogens (tertiary/aromatic N) is 2. The molecule has 1 fully saturated rings. The lowest BCUT2D eigenvalue weighted by molar-refractivity contribution is -0.132. The van der Waals surface area contributed by atoms with E-state index >= 15 is 0 Å². The highest BCUT2D eigenvalue weighted by Crippen LogP contribution is 2.29. The van der Waals surface area contributed by atoms with Crippen LogP contribution in [0.5, 0.6) is 0 Å². The molecule has 2 aliphatic rings. The number of amides is 3. The molecular weight excluding hydrogens is 340 g/mol. The van der Waals surface area contributed by atoms with Gasteiger partial charge in [0.1, 0.15) is 0 Å². The average Bonchev–Trinajstić information content (AvgIpc) is 3.51.